The third-order valence-corrected chi connectivity index (χ3v) is 3.75. The van der Waals surface area contributed by atoms with Crippen molar-refractivity contribution in [3.8, 4) is 11.6 Å². The largest absolute Gasteiger partial charge is 0.505 e. The van der Waals surface area contributed by atoms with Crippen LogP contribution in [0.25, 0.3) is 11.8 Å². The van der Waals surface area contributed by atoms with Gasteiger partial charge >= 0.3 is 0 Å². The number of allylic oxidation sites excluding steroid dienone is 1. The van der Waals surface area contributed by atoms with E-state index in [1.54, 1.807) is 17.9 Å². The van der Waals surface area contributed by atoms with Gasteiger partial charge in [0.05, 0.1) is 29.6 Å². The molecule has 0 radical (unpaired) electrons. The number of carbonyl (C=O) groups excluding carboxylic acids is 1. The van der Waals surface area contributed by atoms with Gasteiger partial charge in [0.25, 0.3) is 0 Å². The Balaban J connectivity index is 2.11. The predicted octanol–water partition coefficient (Wildman–Crippen LogP) is 3.02. The summed E-state index contributed by atoms with van der Waals surface area (Å²) in [5, 5.41) is 14.7. The highest BCUT2D eigenvalue weighted by Crippen LogP contribution is 2.30. The van der Waals surface area contributed by atoms with Crippen LogP contribution in [0.5, 0.6) is 5.88 Å². The number of ether oxygens (including phenoxy) is 1. The molecule has 2 heterocycles. The van der Waals surface area contributed by atoms with Crippen molar-refractivity contribution in [2.45, 2.75) is 13.8 Å². The fraction of sp³-hybridized carbons (Fsp3) is 0.167. The summed E-state index contributed by atoms with van der Waals surface area (Å²) in [5.74, 6) is 0.171. The van der Waals surface area contributed by atoms with Crippen molar-refractivity contribution >= 4 is 18.1 Å². The third-order valence-electron chi connectivity index (χ3n) is 3.75. The van der Waals surface area contributed by atoms with Crippen LogP contribution in [0.2, 0.25) is 0 Å². The average molecular weight is 323 g/mol. The van der Waals surface area contributed by atoms with E-state index in [0.29, 0.717) is 17.1 Å². The normalized spacial score (nSPS) is 15.4. The van der Waals surface area contributed by atoms with E-state index in [2.05, 4.69) is 10.1 Å². The minimum Gasteiger partial charge on any atom is -0.505 e. The van der Waals surface area contributed by atoms with Gasteiger partial charge in [-0.15, -0.1) is 0 Å². The van der Waals surface area contributed by atoms with E-state index in [0.717, 1.165) is 11.4 Å². The second-order valence-electron chi connectivity index (χ2n) is 5.36. The van der Waals surface area contributed by atoms with Crippen molar-refractivity contribution in [3.05, 3.63) is 58.6 Å². The number of hydrogen-bond donors (Lipinski definition) is 1. The summed E-state index contributed by atoms with van der Waals surface area (Å²) >= 11 is 0. The molecule has 0 spiro atoms. The van der Waals surface area contributed by atoms with Crippen molar-refractivity contribution in [2.75, 3.05) is 7.11 Å². The number of methoxy groups -OCH3 is 1. The van der Waals surface area contributed by atoms with Crippen molar-refractivity contribution in [1.29, 1.82) is 0 Å². The highest BCUT2D eigenvalue weighted by molar-refractivity contribution is 6.15. The second-order valence-corrected chi connectivity index (χ2v) is 5.36. The highest BCUT2D eigenvalue weighted by atomic mass is 16.5. The molecule has 1 aliphatic heterocycles. The molecule has 3 rings (SSSR count). The molecule has 0 fully saturated rings. The lowest BCUT2D eigenvalue weighted by atomic mass is 10.1. The lowest BCUT2D eigenvalue weighted by Crippen LogP contribution is -2.00. The van der Waals surface area contributed by atoms with Crippen LogP contribution >= 0.6 is 0 Å². The van der Waals surface area contributed by atoms with Gasteiger partial charge in [-0.2, -0.15) is 5.10 Å². The lowest BCUT2D eigenvalue weighted by Gasteiger charge is -2.06. The van der Waals surface area contributed by atoms with Crippen molar-refractivity contribution in [2.24, 2.45) is 4.99 Å². The van der Waals surface area contributed by atoms with E-state index in [-0.39, 0.29) is 17.1 Å². The number of Topliss-reactive ketones (excluding diaryl/α,β-unsaturated/α-hetero) is 1. The van der Waals surface area contributed by atoms with Gasteiger partial charge in [-0.1, -0.05) is 18.2 Å². The minimum atomic E-state index is -0.233. The minimum absolute atomic E-state index is 0.128. The molecule has 1 aliphatic rings. The Labute approximate surface area is 139 Å². The standard InChI is InChI=1S/C18H17N3O3/c1-11-14(9-16-17(23)15(10-19-16)12(2)22)18(24-3)21(20-11)13-7-5-4-6-8-13/h4-10,23H,1-3H3. The first-order chi connectivity index (χ1) is 11.5. The SMILES string of the molecule is COc1c(C=C2N=CC(C(C)=O)=C2O)c(C)nn1-c1ccccc1. The fourth-order valence-corrected chi connectivity index (χ4v) is 2.52. The van der Waals surface area contributed by atoms with Gasteiger partial charge in [-0.05, 0) is 32.1 Å². The molecule has 0 aliphatic carbocycles. The maximum atomic E-state index is 11.5. The van der Waals surface area contributed by atoms with Gasteiger partial charge in [-0.25, -0.2) is 4.68 Å². The molecular weight excluding hydrogens is 306 g/mol. The number of aromatic nitrogens is 2. The summed E-state index contributed by atoms with van der Waals surface area (Å²) in [6.45, 7) is 3.24. The maximum absolute atomic E-state index is 11.5. The van der Waals surface area contributed by atoms with E-state index in [1.807, 2.05) is 37.3 Å². The molecule has 122 valence electrons. The third kappa shape index (κ3) is 2.62. The number of carbonyl (C=O) groups is 1. The molecule has 0 unspecified atom stereocenters. The molecule has 1 N–H and O–H groups in total. The Morgan fingerprint density at radius 3 is 2.58 bits per heavy atom. The van der Waals surface area contributed by atoms with Gasteiger partial charge in [0.1, 0.15) is 5.70 Å². The van der Waals surface area contributed by atoms with Crippen LogP contribution < -0.4 is 4.74 Å². The van der Waals surface area contributed by atoms with Crippen LogP contribution in [-0.4, -0.2) is 34.0 Å². The topological polar surface area (TPSA) is 76.7 Å². The summed E-state index contributed by atoms with van der Waals surface area (Å²) in [6.07, 6.45) is 3.04. The number of aliphatic imine (C=N–C) groups is 1. The Morgan fingerprint density at radius 2 is 2.00 bits per heavy atom. The number of aryl methyl sites for hydroxylation is 1. The van der Waals surface area contributed by atoms with Crippen LogP contribution in [0.1, 0.15) is 18.2 Å². The molecule has 0 saturated heterocycles. The number of aliphatic hydroxyl groups excluding tert-OH is 1. The molecule has 0 bridgehead atoms. The zero-order valence-corrected chi connectivity index (χ0v) is 13.6. The summed E-state index contributed by atoms with van der Waals surface area (Å²) < 4.78 is 7.20. The van der Waals surface area contributed by atoms with E-state index in [4.69, 9.17) is 4.74 Å². The molecule has 0 saturated carbocycles. The van der Waals surface area contributed by atoms with Gasteiger partial charge in [0.15, 0.2) is 11.5 Å². The monoisotopic (exact) mass is 323 g/mol. The first kappa shape index (κ1) is 15.7. The Morgan fingerprint density at radius 1 is 1.29 bits per heavy atom. The smallest absolute Gasteiger partial charge is 0.224 e. The first-order valence-corrected chi connectivity index (χ1v) is 7.42. The van der Waals surface area contributed by atoms with Crippen LogP contribution in [-0.2, 0) is 4.79 Å². The van der Waals surface area contributed by atoms with Gasteiger partial charge in [0.2, 0.25) is 5.88 Å². The molecule has 6 nitrogen and oxygen atoms in total. The van der Waals surface area contributed by atoms with Crippen LogP contribution in [0, 0.1) is 6.92 Å². The zero-order chi connectivity index (χ0) is 17.3. The number of benzene rings is 1. The molecule has 24 heavy (non-hydrogen) atoms. The van der Waals surface area contributed by atoms with Gasteiger partial charge < -0.3 is 9.84 Å². The van der Waals surface area contributed by atoms with E-state index in [1.165, 1.54) is 13.1 Å². The molecule has 0 atom stereocenters. The molecule has 1 aromatic heterocycles. The van der Waals surface area contributed by atoms with Crippen LogP contribution in [0.4, 0.5) is 0 Å². The van der Waals surface area contributed by atoms with Crippen molar-refractivity contribution in [1.82, 2.24) is 9.78 Å². The number of nitrogens with zero attached hydrogens (tertiary/aromatic N) is 3. The van der Waals surface area contributed by atoms with Crippen molar-refractivity contribution < 1.29 is 14.6 Å². The Kier molecular flexibility index (Phi) is 4.04. The molecule has 2 aromatic rings. The summed E-state index contributed by atoms with van der Waals surface area (Å²) in [7, 11) is 1.56. The van der Waals surface area contributed by atoms with Gasteiger partial charge in [-0.3, -0.25) is 9.79 Å². The van der Waals surface area contributed by atoms with Crippen LogP contribution in [0.15, 0.2) is 52.4 Å². The lowest BCUT2D eigenvalue weighted by molar-refractivity contribution is -0.113. The zero-order valence-electron chi connectivity index (χ0n) is 13.6. The second kappa shape index (κ2) is 6.16. The van der Waals surface area contributed by atoms with E-state index < -0.39 is 0 Å². The number of ketones is 1. The van der Waals surface area contributed by atoms with Gasteiger partial charge in [0, 0.05) is 6.21 Å². The van der Waals surface area contributed by atoms with Crippen LogP contribution in [0.3, 0.4) is 0 Å². The Hall–Kier alpha value is -3.15. The molecule has 6 heteroatoms. The van der Waals surface area contributed by atoms with E-state index >= 15 is 0 Å². The quantitative estimate of drug-likeness (QED) is 0.938. The highest BCUT2D eigenvalue weighted by Gasteiger charge is 2.21. The number of para-hydroxylation sites is 1. The Bertz CT molecular complexity index is 890. The van der Waals surface area contributed by atoms with Crippen molar-refractivity contribution in [3.63, 3.8) is 0 Å². The predicted molar refractivity (Wildman–Crippen MR) is 91.7 cm³/mol. The maximum Gasteiger partial charge on any atom is 0.224 e. The fourth-order valence-electron chi connectivity index (χ4n) is 2.52. The van der Waals surface area contributed by atoms with E-state index in [9.17, 15) is 9.90 Å². The summed E-state index contributed by atoms with van der Waals surface area (Å²) in [6, 6.07) is 9.60. The average Bonchev–Trinajstić information content (AvgIpc) is 3.10. The molecule has 0 amide bonds. The molecular formula is C18H17N3O3. The summed E-state index contributed by atoms with van der Waals surface area (Å²) in [4.78, 5) is 15.6. The first-order valence-electron chi connectivity index (χ1n) is 7.42. The number of hydrogen-bond acceptors (Lipinski definition) is 5. The number of aliphatic hydroxyl groups is 1. The molecule has 1 aromatic carbocycles. The number of rotatable bonds is 4. The summed E-state index contributed by atoms with van der Waals surface area (Å²) in [5.41, 5.74) is 2.80.